The van der Waals surface area contributed by atoms with Gasteiger partial charge in [-0.25, -0.2) is 0 Å². The quantitative estimate of drug-likeness (QED) is 0.889. The summed E-state index contributed by atoms with van der Waals surface area (Å²) < 4.78 is 0. The summed E-state index contributed by atoms with van der Waals surface area (Å²) in [6.07, 6.45) is 5.88. The van der Waals surface area contributed by atoms with Crippen LogP contribution < -0.4 is 5.32 Å². The number of amides is 1. The highest BCUT2D eigenvalue weighted by Crippen LogP contribution is 2.36. The first-order valence-corrected chi connectivity index (χ1v) is 7.57. The first-order chi connectivity index (χ1) is 9.67. The maximum atomic E-state index is 12.3. The number of hydrogen-bond donors (Lipinski definition) is 1. The van der Waals surface area contributed by atoms with Crippen LogP contribution in [0.2, 0.25) is 0 Å². The molecule has 0 bridgehead atoms. The Kier molecular flexibility index (Phi) is 3.74. The molecule has 2 saturated heterocycles. The number of rotatable bonds is 2. The number of hydrogen-bond acceptors (Lipinski definition) is 3. The largest absolute Gasteiger partial charge is 0.342 e. The molecule has 0 aromatic carbocycles. The monoisotopic (exact) mass is 273 g/mol. The van der Waals surface area contributed by atoms with Crippen LogP contribution in [-0.2, 0) is 11.2 Å². The molecule has 4 nitrogen and oxygen atoms in total. The molecule has 0 unspecified atom stereocenters. The van der Waals surface area contributed by atoms with Gasteiger partial charge in [0.25, 0.3) is 0 Å². The van der Waals surface area contributed by atoms with Crippen LogP contribution in [0, 0.1) is 12.3 Å². The lowest BCUT2D eigenvalue weighted by molar-refractivity contribution is -0.132. The van der Waals surface area contributed by atoms with Crippen LogP contribution in [0.5, 0.6) is 0 Å². The number of carbonyl (C=O) groups excluding carboxylic acids is 1. The van der Waals surface area contributed by atoms with Crippen molar-refractivity contribution in [3.8, 4) is 0 Å². The minimum absolute atomic E-state index is 0.247. The van der Waals surface area contributed by atoms with Gasteiger partial charge in [0.2, 0.25) is 5.91 Å². The molecule has 3 rings (SSSR count). The smallest absolute Gasteiger partial charge is 0.227 e. The Morgan fingerprint density at radius 2 is 2.15 bits per heavy atom. The molecule has 0 saturated carbocycles. The minimum Gasteiger partial charge on any atom is -0.342 e. The Labute approximate surface area is 120 Å². The fourth-order valence-corrected chi connectivity index (χ4v) is 3.34. The normalized spacial score (nSPS) is 21.4. The van der Waals surface area contributed by atoms with Crippen molar-refractivity contribution >= 4 is 5.91 Å². The standard InChI is InChI=1S/C16H23N3O/c1-13-2-3-14(11-18-13)10-15(20)19-8-5-16(6-9-19)4-7-17-12-16/h2-3,11,17H,4-10,12H2,1H3. The van der Waals surface area contributed by atoms with Crippen LogP contribution in [0.15, 0.2) is 18.3 Å². The number of carbonyl (C=O) groups is 1. The van der Waals surface area contributed by atoms with Crippen molar-refractivity contribution in [2.75, 3.05) is 26.2 Å². The first kappa shape index (κ1) is 13.6. The fraction of sp³-hybridized carbons (Fsp3) is 0.625. The SMILES string of the molecule is Cc1ccc(CC(=O)N2CCC3(CCNC3)CC2)cn1. The zero-order valence-corrected chi connectivity index (χ0v) is 12.2. The highest BCUT2D eigenvalue weighted by Gasteiger charge is 2.37. The summed E-state index contributed by atoms with van der Waals surface area (Å²) >= 11 is 0. The zero-order chi connectivity index (χ0) is 14.0. The lowest BCUT2D eigenvalue weighted by Crippen LogP contribution is -2.44. The minimum atomic E-state index is 0.247. The summed E-state index contributed by atoms with van der Waals surface area (Å²) in [4.78, 5) is 18.6. The summed E-state index contributed by atoms with van der Waals surface area (Å²) in [7, 11) is 0. The molecule has 0 atom stereocenters. The van der Waals surface area contributed by atoms with Gasteiger partial charge in [0.15, 0.2) is 0 Å². The summed E-state index contributed by atoms with van der Waals surface area (Å²) in [6, 6.07) is 3.98. The second kappa shape index (κ2) is 5.52. The number of nitrogens with one attached hydrogen (secondary N) is 1. The van der Waals surface area contributed by atoms with E-state index in [0.717, 1.165) is 50.3 Å². The molecule has 3 heterocycles. The van der Waals surface area contributed by atoms with Gasteiger partial charge in [-0.3, -0.25) is 9.78 Å². The second-order valence-electron chi connectivity index (χ2n) is 6.29. The second-order valence-corrected chi connectivity index (χ2v) is 6.29. The summed E-state index contributed by atoms with van der Waals surface area (Å²) in [5.41, 5.74) is 2.49. The molecule has 2 aliphatic heterocycles. The van der Waals surface area contributed by atoms with E-state index in [4.69, 9.17) is 0 Å². The Balaban J connectivity index is 1.55. The number of pyridine rings is 1. The van der Waals surface area contributed by atoms with E-state index in [2.05, 4.69) is 10.3 Å². The molecular formula is C16H23N3O. The molecule has 4 heteroatoms. The molecule has 0 aliphatic carbocycles. The van der Waals surface area contributed by atoms with Crippen LogP contribution in [0.25, 0.3) is 0 Å². The Bertz CT molecular complexity index is 467. The van der Waals surface area contributed by atoms with E-state index in [9.17, 15) is 4.79 Å². The lowest BCUT2D eigenvalue weighted by atomic mass is 9.78. The van der Waals surface area contributed by atoms with Gasteiger partial charge in [0, 0.05) is 31.5 Å². The van der Waals surface area contributed by atoms with Crippen molar-refractivity contribution in [2.45, 2.75) is 32.6 Å². The van der Waals surface area contributed by atoms with Gasteiger partial charge in [-0.05, 0) is 49.8 Å². The number of aryl methyl sites for hydroxylation is 1. The highest BCUT2D eigenvalue weighted by molar-refractivity contribution is 5.78. The van der Waals surface area contributed by atoms with Crippen molar-refractivity contribution in [2.24, 2.45) is 5.41 Å². The molecule has 2 aliphatic rings. The zero-order valence-electron chi connectivity index (χ0n) is 12.2. The molecule has 1 spiro atoms. The molecule has 20 heavy (non-hydrogen) atoms. The van der Waals surface area contributed by atoms with Gasteiger partial charge in [0.1, 0.15) is 0 Å². The topological polar surface area (TPSA) is 45.2 Å². The van der Waals surface area contributed by atoms with Gasteiger partial charge in [0.05, 0.1) is 6.42 Å². The van der Waals surface area contributed by atoms with Crippen molar-refractivity contribution in [1.82, 2.24) is 15.2 Å². The molecule has 1 aromatic rings. The Morgan fingerprint density at radius 3 is 2.75 bits per heavy atom. The summed E-state index contributed by atoms with van der Waals surface area (Å²) in [6.45, 7) is 6.07. The van der Waals surface area contributed by atoms with E-state index < -0.39 is 0 Å². The molecule has 1 amide bonds. The van der Waals surface area contributed by atoms with Crippen LogP contribution in [0.4, 0.5) is 0 Å². The van der Waals surface area contributed by atoms with E-state index in [-0.39, 0.29) is 5.91 Å². The molecule has 1 aromatic heterocycles. The number of aromatic nitrogens is 1. The third-order valence-electron chi connectivity index (χ3n) is 4.84. The first-order valence-electron chi connectivity index (χ1n) is 7.57. The van der Waals surface area contributed by atoms with Crippen molar-refractivity contribution < 1.29 is 4.79 Å². The van der Waals surface area contributed by atoms with E-state index in [1.165, 1.54) is 6.42 Å². The van der Waals surface area contributed by atoms with E-state index in [0.29, 0.717) is 11.8 Å². The third kappa shape index (κ3) is 2.85. The average Bonchev–Trinajstić information content (AvgIpc) is 2.90. The fourth-order valence-electron chi connectivity index (χ4n) is 3.34. The van der Waals surface area contributed by atoms with Gasteiger partial charge in [-0.15, -0.1) is 0 Å². The Morgan fingerprint density at radius 1 is 1.35 bits per heavy atom. The predicted molar refractivity (Wildman–Crippen MR) is 78.4 cm³/mol. The van der Waals surface area contributed by atoms with E-state index >= 15 is 0 Å². The number of likely N-dealkylation sites (tertiary alicyclic amines) is 1. The van der Waals surface area contributed by atoms with Crippen LogP contribution in [-0.4, -0.2) is 42.0 Å². The van der Waals surface area contributed by atoms with E-state index in [1.807, 2.05) is 30.2 Å². The molecular weight excluding hydrogens is 250 g/mol. The predicted octanol–water partition coefficient (Wildman–Crippen LogP) is 1.53. The summed E-state index contributed by atoms with van der Waals surface area (Å²) in [5.74, 6) is 0.247. The van der Waals surface area contributed by atoms with Gasteiger partial charge in [-0.2, -0.15) is 0 Å². The molecule has 2 fully saturated rings. The van der Waals surface area contributed by atoms with Gasteiger partial charge < -0.3 is 10.2 Å². The average molecular weight is 273 g/mol. The van der Waals surface area contributed by atoms with Crippen molar-refractivity contribution in [3.05, 3.63) is 29.6 Å². The van der Waals surface area contributed by atoms with Crippen molar-refractivity contribution in [1.29, 1.82) is 0 Å². The van der Waals surface area contributed by atoms with Gasteiger partial charge >= 0.3 is 0 Å². The van der Waals surface area contributed by atoms with Crippen LogP contribution in [0.3, 0.4) is 0 Å². The maximum absolute atomic E-state index is 12.3. The molecule has 0 radical (unpaired) electrons. The lowest BCUT2D eigenvalue weighted by Gasteiger charge is -2.39. The molecule has 108 valence electrons. The maximum Gasteiger partial charge on any atom is 0.227 e. The number of piperidine rings is 1. The van der Waals surface area contributed by atoms with Gasteiger partial charge in [-0.1, -0.05) is 6.07 Å². The highest BCUT2D eigenvalue weighted by atomic mass is 16.2. The van der Waals surface area contributed by atoms with E-state index in [1.54, 1.807) is 0 Å². The van der Waals surface area contributed by atoms with Crippen molar-refractivity contribution in [3.63, 3.8) is 0 Å². The summed E-state index contributed by atoms with van der Waals surface area (Å²) in [5, 5.41) is 3.46. The Hall–Kier alpha value is -1.42. The molecule has 1 N–H and O–H groups in total. The van der Waals surface area contributed by atoms with Crippen LogP contribution >= 0.6 is 0 Å². The van der Waals surface area contributed by atoms with Crippen LogP contribution in [0.1, 0.15) is 30.5 Å². The third-order valence-corrected chi connectivity index (χ3v) is 4.84. The number of nitrogens with zero attached hydrogens (tertiary/aromatic N) is 2.